The minimum absolute atomic E-state index is 0.0582. The van der Waals surface area contributed by atoms with E-state index in [1.54, 1.807) is 6.92 Å². The SMILES string of the molecule is CCC(=O)c1cc(C=O)ccc1C(F)F. The molecule has 0 spiro atoms. The topological polar surface area (TPSA) is 34.1 Å². The van der Waals surface area contributed by atoms with E-state index in [9.17, 15) is 18.4 Å². The highest BCUT2D eigenvalue weighted by atomic mass is 19.3. The summed E-state index contributed by atoms with van der Waals surface area (Å²) in [6, 6.07) is 3.61. The van der Waals surface area contributed by atoms with E-state index in [1.807, 2.05) is 0 Å². The van der Waals surface area contributed by atoms with Crippen LogP contribution in [0.3, 0.4) is 0 Å². The molecule has 0 amide bonds. The third-order valence-electron chi connectivity index (χ3n) is 2.07. The number of halogens is 2. The molecule has 1 aromatic rings. The highest BCUT2D eigenvalue weighted by Gasteiger charge is 2.17. The van der Waals surface area contributed by atoms with Crippen LogP contribution in [0, 0.1) is 0 Å². The molecule has 0 bridgehead atoms. The molecule has 0 heterocycles. The maximum absolute atomic E-state index is 12.5. The lowest BCUT2D eigenvalue weighted by Crippen LogP contribution is -2.04. The van der Waals surface area contributed by atoms with Crippen molar-refractivity contribution in [2.24, 2.45) is 0 Å². The lowest BCUT2D eigenvalue weighted by molar-refractivity contribution is 0.0974. The lowest BCUT2D eigenvalue weighted by atomic mass is 10.00. The molecule has 0 saturated carbocycles. The second-order valence-electron chi connectivity index (χ2n) is 3.04. The lowest BCUT2D eigenvalue weighted by Gasteiger charge is -2.07. The average molecular weight is 212 g/mol. The van der Waals surface area contributed by atoms with E-state index in [-0.39, 0.29) is 28.9 Å². The van der Waals surface area contributed by atoms with E-state index >= 15 is 0 Å². The largest absolute Gasteiger partial charge is 0.298 e. The molecule has 0 atom stereocenters. The summed E-state index contributed by atoms with van der Waals surface area (Å²) in [5.74, 6) is -0.381. The van der Waals surface area contributed by atoms with Crippen LogP contribution >= 0.6 is 0 Å². The van der Waals surface area contributed by atoms with Crippen molar-refractivity contribution in [2.75, 3.05) is 0 Å². The van der Waals surface area contributed by atoms with Crippen molar-refractivity contribution in [1.82, 2.24) is 0 Å². The smallest absolute Gasteiger partial charge is 0.264 e. The van der Waals surface area contributed by atoms with Gasteiger partial charge in [-0.1, -0.05) is 19.1 Å². The first-order chi connectivity index (χ1) is 7.10. The van der Waals surface area contributed by atoms with Crippen LogP contribution in [-0.2, 0) is 0 Å². The second kappa shape index (κ2) is 4.77. The van der Waals surface area contributed by atoms with Crippen LogP contribution < -0.4 is 0 Å². The molecule has 0 N–H and O–H groups in total. The number of aldehydes is 1. The van der Waals surface area contributed by atoms with Gasteiger partial charge in [-0.15, -0.1) is 0 Å². The molecule has 0 aliphatic heterocycles. The number of Topliss-reactive ketones (excluding diaryl/α,β-unsaturated/α-hetero) is 1. The summed E-state index contributed by atoms with van der Waals surface area (Å²) in [6.45, 7) is 1.59. The fourth-order valence-corrected chi connectivity index (χ4v) is 1.27. The van der Waals surface area contributed by atoms with Crippen LogP contribution in [-0.4, -0.2) is 12.1 Å². The van der Waals surface area contributed by atoms with Crippen molar-refractivity contribution in [3.63, 3.8) is 0 Å². The summed E-state index contributed by atoms with van der Waals surface area (Å²) >= 11 is 0. The number of benzene rings is 1. The second-order valence-corrected chi connectivity index (χ2v) is 3.04. The molecule has 80 valence electrons. The number of rotatable bonds is 4. The van der Waals surface area contributed by atoms with Crippen molar-refractivity contribution >= 4 is 12.1 Å². The molecule has 0 aliphatic carbocycles. The van der Waals surface area contributed by atoms with Gasteiger partial charge in [-0.2, -0.15) is 0 Å². The molecule has 0 fully saturated rings. The third kappa shape index (κ3) is 2.46. The first kappa shape index (κ1) is 11.5. The van der Waals surface area contributed by atoms with Crippen molar-refractivity contribution in [3.05, 3.63) is 34.9 Å². The summed E-state index contributed by atoms with van der Waals surface area (Å²) in [4.78, 5) is 21.8. The van der Waals surface area contributed by atoms with Gasteiger partial charge in [-0.05, 0) is 6.07 Å². The van der Waals surface area contributed by atoms with Crippen LogP contribution in [0.1, 0.15) is 46.0 Å². The minimum atomic E-state index is -2.70. The number of ketones is 1. The molecule has 2 nitrogen and oxygen atoms in total. The Morgan fingerprint density at radius 3 is 2.60 bits per heavy atom. The van der Waals surface area contributed by atoms with Crippen molar-refractivity contribution in [1.29, 1.82) is 0 Å². The number of hydrogen-bond acceptors (Lipinski definition) is 2. The van der Waals surface area contributed by atoms with Gasteiger partial charge in [-0.3, -0.25) is 9.59 Å². The highest BCUT2D eigenvalue weighted by Crippen LogP contribution is 2.24. The van der Waals surface area contributed by atoms with E-state index in [1.165, 1.54) is 12.1 Å². The monoisotopic (exact) mass is 212 g/mol. The maximum Gasteiger partial charge on any atom is 0.264 e. The molecular formula is C11H10F2O2. The van der Waals surface area contributed by atoms with E-state index in [2.05, 4.69) is 0 Å². The standard InChI is InChI=1S/C11H10F2O2/c1-2-10(15)9-5-7(6-14)3-4-8(9)11(12)13/h3-6,11H,2H2,1H3. The van der Waals surface area contributed by atoms with Gasteiger partial charge in [0.1, 0.15) is 6.29 Å². The molecule has 0 unspecified atom stereocenters. The van der Waals surface area contributed by atoms with Gasteiger partial charge in [0.2, 0.25) is 0 Å². The predicted molar refractivity (Wildman–Crippen MR) is 51.4 cm³/mol. The summed E-state index contributed by atoms with van der Waals surface area (Å²) < 4.78 is 25.0. The van der Waals surface area contributed by atoms with E-state index in [0.29, 0.717) is 6.29 Å². The molecule has 0 aliphatic rings. The molecule has 0 radical (unpaired) electrons. The van der Waals surface area contributed by atoms with Gasteiger partial charge < -0.3 is 0 Å². The van der Waals surface area contributed by atoms with Crippen LogP contribution in [0.2, 0.25) is 0 Å². The summed E-state index contributed by atoms with van der Waals surface area (Å²) in [6.07, 6.45) is -2.03. The Bertz CT molecular complexity index is 386. The Balaban J connectivity index is 3.28. The minimum Gasteiger partial charge on any atom is -0.298 e. The summed E-state index contributed by atoms with van der Waals surface area (Å²) in [5, 5.41) is 0. The van der Waals surface area contributed by atoms with Crippen LogP contribution in [0.4, 0.5) is 8.78 Å². The van der Waals surface area contributed by atoms with Crippen LogP contribution in [0.5, 0.6) is 0 Å². The number of carbonyl (C=O) groups is 2. The van der Waals surface area contributed by atoms with Crippen molar-refractivity contribution in [3.8, 4) is 0 Å². The first-order valence-electron chi connectivity index (χ1n) is 4.50. The number of carbonyl (C=O) groups excluding carboxylic acids is 2. The first-order valence-corrected chi connectivity index (χ1v) is 4.50. The van der Waals surface area contributed by atoms with Crippen molar-refractivity contribution in [2.45, 2.75) is 19.8 Å². The van der Waals surface area contributed by atoms with Crippen LogP contribution in [0.25, 0.3) is 0 Å². The molecule has 15 heavy (non-hydrogen) atoms. The van der Waals surface area contributed by atoms with E-state index in [4.69, 9.17) is 0 Å². The Hall–Kier alpha value is -1.58. The molecule has 1 rings (SSSR count). The van der Waals surface area contributed by atoms with E-state index < -0.39 is 6.43 Å². The van der Waals surface area contributed by atoms with Gasteiger partial charge in [-0.25, -0.2) is 8.78 Å². The quantitative estimate of drug-likeness (QED) is 0.567. The van der Waals surface area contributed by atoms with Crippen LogP contribution in [0.15, 0.2) is 18.2 Å². The predicted octanol–water partition coefficient (Wildman–Crippen LogP) is 3.03. The Labute approximate surface area is 85.9 Å². The number of hydrogen-bond donors (Lipinski definition) is 0. The van der Waals surface area contributed by atoms with Crippen molar-refractivity contribution < 1.29 is 18.4 Å². The Morgan fingerprint density at radius 2 is 2.13 bits per heavy atom. The molecule has 1 aromatic carbocycles. The molecule has 0 saturated heterocycles. The van der Waals surface area contributed by atoms with Gasteiger partial charge >= 0.3 is 0 Å². The maximum atomic E-state index is 12.5. The van der Waals surface area contributed by atoms with Gasteiger partial charge in [0.25, 0.3) is 6.43 Å². The van der Waals surface area contributed by atoms with Gasteiger partial charge in [0.05, 0.1) is 0 Å². The summed E-state index contributed by atoms with van der Waals surface area (Å²) in [7, 11) is 0. The van der Waals surface area contributed by atoms with Gasteiger partial charge in [0.15, 0.2) is 5.78 Å². The zero-order valence-electron chi connectivity index (χ0n) is 8.17. The number of alkyl halides is 2. The Morgan fingerprint density at radius 1 is 1.47 bits per heavy atom. The summed E-state index contributed by atoms with van der Waals surface area (Å²) in [5.41, 5.74) is -0.138. The highest BCUT2D eigenvalue weighted by molar-refractivity contribution is 5.98. The van der Waals surface area contributed by atoms with E-state index in [0.717, 1.165) is 6.07 Å². The zero-order chi connectivity index (χ0) is 11.4. The third-order valence-corrected chi connectivity index (χ3v) is 2.07. The normalized spacial score (nSPS) is 10.4. The fraction of sp³-hybridized carbons (Fsp3) is 0.273. The Kier molecular flexibility index (Phi) is 3.66. The molecule has 0 aromatic heterocycles. The van der Waals surface area contributed by atoms with Gasteiger partial charge in [0, 0.05) is 23.1 Å². The fourth-order valence-electron chi connectivity index (χ4n) is 1.27. The molecular weight excluding hydrogens is 202 g/mol. The zero-order valence-corrected chi connectivity index (χ0v) is 8.17. The molecule has 4 heteroatoms. The average Bonchev–Trinajstić information content (AvgIpc) is 2.26.